The largest absolute Gasteiger partial charge is 0.507 e. The molecule has 2 nitrogen and oxygen atoms in total. The molecule has 0 bridgehead atoms. The lowest BCUT2D eigenvalue weighted by molar-refractivity contribution is 0.296. The van der Waals surface area contributed by atoms with Gasteiger partial charge in [0.2, 0.25) is 0 Å². The van der Waals surface area contributed by atoms with E-state index in [1.54, 1.807) is 12.1 Å². The van der Waals surface area contributed by atoms with E-state index in [1.165, 1.54) is 5.57 Å². The maximum Gasteiger partial charge on any atom is 0.123 e. The Labute approximate surface area is 134 Å². The fourth-order valence-corrected chi connectivity index (χ4v) is 3.48. The molecule has 0 amide bonds. The molecule has 1 unspecified atom stereocenters. The minimum absolute atomic E-state index is 0.0329. The minimum atomic E-state index is -0.138. The molecule has 0 saturated carbocycles. The van der Waals surface area contributed by atoms with Crippen molar-refractivity contribution in [3.8, 4) is 11.5 Å². The Balaban J connectivity index is 2.57. The first kappa shape index (κ1) is 16.7. The van der Waals surface area contributed by atoms with Crippen LogP contribution in [0.3, 0.4) is 0 Å². The Morgan fingerprint density at radius 1 is 1.32 bits per heavy atom. The van der Waals surface area contributed by atoms with Crippen LogP contribution in [-0.2, 0) is 6.42 Å². The summed E-state index contributed by atoms with van der Waals surface area (Å²) in [7, 11) is 0. The summed E-state index contributed by atoms with van der Waals surface area (Å²) in [5.74, 6) is 0.369. The summed E-state index contributed by atoms with van der Waals surface area (Å²) in [4.78, 5) is 0. The van der Waals surface area contributed by atoms with Crippen molar-refractivity contribution in [2.75, 3.05) is 0 Å². The van der Waals surface area contributed by atoms with E-state index in [4.69, 9.17) is 0 Å². The van der Waals surface area contributed by atoms with Gasteiger partial charge in [-0.05, 0) is 56.2 Å². The summed E-state index contributed by atoms with van der Waals surface area (Å²) in [6.07, 6.45) is 6.06. The highest BCUT2D eigenvalue weighted by Gasteiger charge is 2.39. The van der Waals surface area contributed by atoms with Crippen LogP contribution < -0.4 is 0 Å². The molecule has 0 heterocycles. The monoisotopic (exact) mass is 300 g/mol. The molecule has 2 rings (SSSR count). The highest BCUT2D eigenvalue weighted by atomic mass is 16.3. The zero-order valence-electron chi connectivity index (χ0n) is 14.2. The Morgan fingerprint density at radius 2 is 1.91 bits per heavy atom. The van der Waals surface area contributed by atoms with Crippen LogP contribution in [0.1, 0.15) is 64.0 Å². The van der Waals surface area contributed by atoms with Gasteiger partial charge in [-0.1, -0.05) is 44.1 Å². The van der Waals surface area contributed by atoms with Crippen LogP contribution in [0.5, 0.6) is 11.5 Å². The lowest BCUT2D eigenvalue weighted by atomic mass is 9.63. The Bertz CT molecular complexity index is 589. The number of aromatic hydroxyl groups is 2. The van der Waals surface area contributed by atoms with Gasteiger partial charge in [0.05, 0.1) is 0 Å². The third-order valence-electron chi connectivity index (χ3n) is 5.20. The van der Waals surface area contributed by atoms with E-state index in [-0.39, 0.29) is 22.8 Å². The first-order valence-corrected chi connectivity index (χ1v) is 8.17. The molecule has 2 heteroatoms. The molecule has 2 atom stereocenters. The summed E-state index contributed by atoms with van der Waals surface area (Å²) in [6.45, 7) is 12.6. The maximum absolute atomic E-state index is 10.5. The fraction of sp³-hybridized carbons (Fsp3) is 0.500. The number of rotatable bonds is 4. The molecule has 0 saturated heterocycles. The first-order chi connectivity index (χ1) is 10.3. The zero-order chi connectivity index (χ0) is 16.5. The molecule has 1 aromatic rings. The molecule has 120 valence electrons. The highest BCUT2D eigenvalue weighted by Crippen LogP contribution is 2.53. The third kappa shape index (κ3) is 2.92. The average molecular weight is 300 g/mol. The lowest BCUT2D eigenvalue weighted by Gasteiger charge is -2.41. The third-order valence-corrected chi connectivity index (χ3v) is 5.20. The van der Waals surface area contributed by atoms with Crippen molar-refractivity contribution in [3.63, 3.8) is 0 Å². The van der Waals surface area contributed by atoms with Gasteiger partial charge < -0.3 is 10.2 Å². The van der Waals surface area contributed by atoms with Gasteiger partial charge in [-0.2, -0.15) is 0 Å². The first-order valence-electron chi connectivity index (χ1n) is 8.17. The van der Waals surface area contributed by atoms with Crippen molar-refractivity contribution < 1.29 is 10.2 Å². The van der Waals surface area contributed by atoms with Gasteiger partial charge in [0.25, 0.3) is 0 Å². The fourth-order valence-electron chi connectivity index (χ4n) is 3.48. The van der Waals surface area contributed by atoms with Crippen LogP contribution in [0.4, 0.5) is 0 Å². The number of aryl methyl sites for hydroxylation is 1. The minimum Gasteiger partial charge on any atom is -0.507 e. The summed E-state index contributed by atoms with van der Waals surface area (Å²) in [6, 6.07) is 3.60. The Hall–Kier alpha value is -1.70. The maximum atomic E-state index is 10.5. The van der Waals surface area contributed by atoms with Crippen molar-refractivity contribution in [2.45, 2.75) is 59.3 Å². The predicted octanol–water partition coefficient (Wildman–Crippen LogP) is 5.46. The van der Waals surface area contributed by atoms with Crippen LogP contribution in [0, 0.1) is 5.41 Å². The molecule has 0 aromatic heterocycles. The van der Waals surface area contributed by atoms with Gasteiger partial charge in [0, 0.05) is 11.5 Å². The Kier molecular flexibility index (Phi) is 4.69. The lowest BCUT2D eigenvalue weighted by Crippen LogP contribution is -2.29. The number of benzene rings is 1. The van der Waals surface area contributed by atoms with Gasteiger partial charge in [0.15, 0.2) is 0 Å². The standard InChI is InChI=1S/C20H28O2/c1-6-7-15-11-17(21)19(18(22)12-15)16-10-14(4)8-9-20(16,5)13(2)3/h10-12,16,21-22H,2,6-9H2,1,3-5H3/t16?,20-/m0/s1. The van der Waals surface area contributed by atoms with Gasteiger partial charge >= 0.3 is 0 Å². The molecular formula is C20H28O2. The van der Waals surface area contributed by atoms with Crippen LogP contribution in [0.15, 0.2) is 35.9 Å². The second kappa shape index (κ2) is 6.20. The van der Waals surface area contributed by atoms with E-state index in [0.717, 1.165) is 36.8 Å². The number of hydrogen-bond donors (Lipinski definition) is 2. The topological polar surface area (TPSA) is 40.5 Å². The normalized spacial score (nSPS) is 24.9. The van der Waals surface area contributed by atoms with E-state index in [9.17, 15) is 10.2 Å². The molecule has 0 aliphatic heterocycles. The van der Waals surface area contributed by atoms with E-state index in [0.29, 0.717) is 5.56 Å². The SMILES string of the molecule is C=C(C)[C@]1(C)CCC(C)=CC1c1c(O)cc(CCC)cc1O. The summed E-state index contributed by atoms with van der Waals surface area (Å²) in [5.41, 5.74) is 3.89. The molecule has 0 spiro atoms. The van der Waals surface area contributed by atoms with Crippen LogP contribution >= 0.6 is 0 Å². The van der Waals surface area contributed by atoms with E-state index >= 15 is 0 Å². The van der Waals surface area contributed by atoms with Gasteiger partial charge in [-0.15, -0.1) is 0 Å². The van der Waals surface area contributed by atoms with Crippen LogP contribution in [0.25, 0.3) is 0 Å². The Morgan fingerprint density at radius 3 is 2.41 bits per heavy atom. The molecule has 1 aliphatic carbocycles. The van der Waals surface area contributed by atoms with Gasteiger partial charge in [-0.25, -0.2) is 0 Å². The summed E-state index contributed by atoms with van der Waals surface area (Å²) < 4.78 is 0. The quantitative estimate of drug-likeness (QED) is 0.725. The number of phenolic OH excluding ortho intramolecular Hbond substituents is 2. The molecule has 0 fully saturated rings. The second-order valence-corrected chi connectivity index (χ2v) is 6.99. The van der Waals surface area contributed by atoms with Crippen molar-refractivity contribution in [1.29, 1.82) is 0 Å². The van der Waals surface area contributed by atoms with Crippen LogP contribution in [-0.4, -0.2) is 10.2 Å². The highest BCUT2D eigenvalue weighted by molar-refractivity contribution is 5.52. The summed E-state index contributed by atoms with van der Waals surface area (Å²) >= 11 is 0. The zero-order valence-corrected chi connectivity index (χ0v) is 14.2. The molecule has 22 heavy (non-hydrogen) atoms. The molecule has 2 N–H and O–H groups in total. The van der Waals surface area contributed by atoms with E-state index < -0.39 is 0 Å². The molecular weight excluding hydrogens is 272 g/mol. The average Bonchev–Trinajstić information content (AvgIpc) is 2.42. The number of phenols is 2. The second-order valence-electron chi connectivity index (χ2n) is 6.99. The van der Waals surface area contributed by atoms with Crippen molar-refractivity contribution in [2.24, 2.45) is 5.41 Å². The van der Waals surface area contributed by atoms with Crippen molar-refractivity contribution >= 4 is 0 Å². The van der Waals surface area contributed by atoms with Gasteiger partial charge in [-0.3, -0.25) is 0 Å². The smallest absolute Gasteiger partial charge is 0.123 e. The number of hydrogen-bond acceptors (Lipinski definition) is 2. The predicted molar refractivity (Wildman–Crippen MR) is 92.4 cm³/mol. The van der Waals surface area contributed by atoms with Crippen molar-refractivity contribution in [1.82, 2.24) is 0 Å². The van der Waals surface area contributed by atoms with Gasteiger partial charge in [0.1, 0.15) is 11.5 Å². The summed E-state index contributed by atoms with van der Waals surface area (Å²) in [5, 5.41) is 21.1. The molecule has 1 aromatic carbocycles. The van der Waals surface area contributed by atoms with Crippen molar-refractivity contribution in [3.05, 3.63) is 47.1 Å². The number of allylic oxidation sites excluding steroid dienone is 3. The molecule has 1 aliphatic rings. The van der Waals surface area contributed by atoms with E-state index in [2.05, 4.69) is 33.4 Å². The van der Waals surface area contributed by atoms with Crippen LogP contribution in [0.2, 0.25) is 0 Å². The van der Waals surface area contributed by atoms with E-state index in [1.807, 2.05) is 6.92 Å². The molecule has 0 radical (unpaired) electrons.